The number of fused-ring (bicyclic) bond motifs is 2. The van der Waals surface area contributed by atoms with Crippen molar-refractivity contribution in [2.75, 3.05) is 0 Å². The first-order chi connectivity index (χ1) is 19.7. The van der Waals surface area contributed by atoms with Crippen molar-refractivity contribution in [1.82, 2.24) is 0 Å². The zero-order valence-corrected chi connectivity index (χ0v) is 31.2. The van der Waals surface area contributed by atoms with Gasteiger partial charge in [-0.2, -0.15) is 0 Å². The van der Waals surface area contributed by atoms with Crippen molar-refractivity contribution < 1.29 is 18.4 Å². The van der Waals surface area contributed by atoms with Gasteiger partial charge in [0.05, 0.1) is 23.4 Å². The summed E-state index contributed by atoms with van der Waals surface area (Å²) in [6.07, 6.45) is 9.14. The molecule has 4 atom stereocenters. The number of carbonyl (C=O) groups excluding carboxylic acids is 1. The molecule has 0 aromatic heterocycles. The first-order valence-electron chi connectivity index (χ1n) is 16.5. The molecule has 3 aliphatic rings. The van der Waals surface area contributed by atoms with Gasteiger partial charge in [0.15, 0.2) is 0 Å². The van der Waals surface area contributed by atoms with E-state index in [1.165, 1.54) is 11.1 Å². The number of ether oxygens (including phenoxy) is 1. The fraction of sp³-hybridized carbons (Fsp3) is 0.750. The van der Waals surface area contributed by atoms with Crippen LogP contribution >= 0.6 is 0 Å². The fourth-order valence-electron chi connectivity index (χ4n) is 8.18. The average Bonchev–Trinajstić information content (AvgIpc) is 3.15. The molecule has 2 N–H and O–H groups in total. The molecule has 2 heterocycles. The fourth-order valence-corrected chi connectivity index (χ4v) is 10.3. The molecule has 4 unspecified atom stereocenters. The highest BCUT2D eigenvalue weighted by molar-refractivity contribution is 6.48. The molecule has 2 aliphatic heterocycles. The zero-order chi connectivity index (χ0) is 32.2. The minimum atomic E-state index is -0.971. The summed E-state index contributed by atoms with van der Waals surface area (Å²) in [6.45, 7) is 27.4. The van der Waals surface area contributed by atoms with E-state index in [1.54, 1.807) is 0 Å². The van der Waals surface area contributed by atoms with Gasteiger partial charge in [-0.15, -0.1) is 0 Å². The van der Waals surface area contributed by atoms with Crippen LogP contribution in [0, 0.1) is 16.2 Å². The Kier molecular flexibility index (Phi) is 9.79. The maximum atomic E-state index is 12.6. The zero-order valence-electron chi connectivity index (χ0n) is 29.2. The lowest BCUT2D eigenvalue weighted by molar-refractivity contribution is -0.240. The Hall–Kier alpha value is -1.26. The summed E-state index contributed by atoms with van der Waals surface area (Å²) in [4.78, 5) is 12.6. The van der Waals surface area contributed by atoms with Crippen LogP contribution in [0.1, 0.15) is 128 Å². The lowest BCUT2D eigenvalue weighted by atomic mass is 9.69. The van der Waals surface area contributed by atoms with Gasteiger partial charge in [0, 0.05) is 5.56 Å². The van der Waals surface area contributed by atoms with Crippen molar-refractivity contribution in [2.45, 2.75) is 156 Å². The molecule has 1 aliphatic carbocycles. The molecule has 1 aromatic carbocycles. The van der Waals surface area contributed by atoms with Crippen LogP contribution in [0.4, 0.5) is 0 Å². The van der Waals surface area contributed by atoms with E-state index in [4.69, 9.17) is 19.3 Å². The highest BCUT2D eigenvalue weighted by Gasteiger charge is 2.64. The first kappa shape index (κ1) is 34.6. The molecule has 0 spiro atoms. The number of hydrogen-bond donors (Lipinski definition) is 1. The second-order valence-corrected chi connectivity index (χ2v) is 21.3. The second-order valence-electron chi connectivity index (χ2n) is 17.1. The Morgan fingerprint density at radius 2 is 1.42 bits per heavy atom. The van der Waals surface area contributed by atoms with Crippen LogP contribution in [-0.2, 0) is 13.6 Å². The highest BCUT2D eigenvalue weighted by atomic mass is 28.3. The predicted octanol–water partition coefficient (Wildman–Crippen LogP) is 8.91. The average molecular weight is 626 g/mol. The minimum absolute atomic E-state index is 0.0186. The maximum absolute atomic E-state index is 12.6. The molecule has 43 heavy (non-hydrogen) atoms. The number of amides is 1. The third kappa shape index (κ3) is 7.43. The Labute approximate surface area is 266 Å². The van der Waals surface area contributed by atoms with Gasteiger partial charge in [0.1, 0.15) is 0 Å². The molecule has 7 heteroatoms. The number of carbonyl (C=O) groups is 1. The molecule has 1 aromatic rings. The van der Waals surface area contributed by atoms with Crippen molar-refractivity contribution in [3.05, 3.63) is 41.0 Å². The Morgan fingerprint density at radius 3 is 1.81 bits per heavy atom. The Balaban J connectivity index is 1.86. The number of benzene rings is 1. The van der Waals surface area contributed by atoms with Crippen molar-refractivity contribution in [2.24, 2.45) is 22.0 Å². The van der Waals surface area contributed by atoms with Crippen LogP contribution < -0.4 is 5.73 Å². The molecule has 240 valence electrons. The number of rotatable bonds is 9. The molecule has 4 rings (SSSR count). The van der Waals surface area contributed by atoms with E-state index < -0.39 is 29.3 Å². The summed E-state index contributed by atoms with van der Waals surface area (Å²) in [5.41, 5.74) is 9.47. The standard InChI is InChI=1S/C36H59NO4Si2/c1-32(2,3)30(39-42(9)10)35-19-20-36(41-35,31(33(4,5)6)40-43(11)12)23-26(22-35)25-13-14-27(29(37)38)28(21-25)24-15-17-34(7,8)18-16-24/h13-15,21,26,30-31H,16-20,22-23H2,1-12H3,(H2,37,38). The summed E-state index contributed by atoms with van der Waals surface area (Å²) in [5.74, 6) is -0.0935. The van der Waals surface area contributed by atoms with Gasteiger partial charge in [-0.1, -0.05) is 73.6 Å². The molecule has 2 fully saturated rings. The van der Waals surface area contributed by atoms with Crippen LogP contribution in [0.3, 0.4) is 0 Å². The van der Waals surface area contributed by atoms with E-state index in [0.717, 1.165) is 50.5 Å². The molecule has 0 saturated carbocycles. The van der Waals surface area contributed by atoms with Gasteiger partial charge < -0.3 is 19.3 Å². The van der Waals surface area contributed by atoms with Crippen LogP contribution in [0.2, 0.25) is 26.2 Å². The molecule has 1 amide bonds. The van der Waals surface area contributed by atoms with E-state index in [2.05, 4.69) is 99.8 Å². The van der Waals surface area contributed by atoms with E-state index in [9.17, 15) is 4.79 Å². The largest absolute Gasteiger partial charge is 0.411 e. The van der Waals surface area contributed by atoms with Gasteiger partial charge in [-0.3, -0.25) is 4.79 Å². The van der Waals surface area contributed by atoms with Crippen LogP contribution in [0.15, 0.2) is 24.3 Å². The highest BCUT2D eigenvalue weighted by Crippen LogP contribution is 2.61. The SMILES string of the molecule is C[Si](C)OC(C(C)(C)C)C12CCC(C(O[Si](C)C)C(C)(C)C)(CC(c3ccc(C(N)=O)c(C4=CCC(C)(C)CC4)c3)C1)O2. The smallest absolute Gasteiger partial charge is 0.249 e. The number of allylic oxidation sites excluding steroid dienone is 2. The summed E-state index contributed by atoms with van der Waals surface area (Å²) < 4.78 is 21.4. The topological polar surface area (TPSA) is 70.8 Å². The third-order valence-corrected chi connectivity index (χ3v) is 11.3. The quantitative estimate of drug-likeness (QED) is 0.278. The second kappa shape index (κ2) is 12.2. The molecular formula is C36H59NO4Si2. The summed E-state index contributed by atoms with van der Waals surface area (Å²) >= 11 is 0. The third-order valence-electron chi connectivity index (χ3n) is 9.90. The van der Waals surface area contributed by atoms with Gasteiger partial charge in [-0.05, 0) is 116 Å². The Morgan fingerprint density at radius 1 is 0.907 bits per heavy atom. The van der Waals surface area contributed by atoms with Crippen LogP contribution in [0.25, 0.3) is 5.57 Å². The molecular weight excluding hydrogens is 567 g/mol. The van der Waals surface area contributed by atoms with Crippen LogP contribution in [-0.4, -0.2) is 47.4 Å². The van der Waals surface area contributed by atoms with E-state index in [-0.39, 0.29) is 40.3 Å². The molecule has 2 radical (unpaired) electrons. The van der Waals surface area contributed by atoms with Gasteiger partial charge in [-0.25, -0.2) is 0 Å². The summed E-state index contributed by atoms with van der Waals surface area (Å²) in [5, 5.41) is 0. The first-order valence-corrected chi connectivity index (χ1v) is 21.3. The van der Waals surface area contributed by atoms with Crippen molar-refractivity contribution in [3.63, 3.8) is 0 Å². The van der Waals surface area contributed by atoms with Gasteiger partial charge in [0.25, 0.3) is 0 Å². The van der Waals surface area contributed by atoms with Gasteiger partial charge >= 0.3 is 0 Å². The van der Waals surface area contributed by atoms with E-state index in [1.807, 2.05) is 6.07 Å². The Bertz CT molecular complexity index is 1170. The van der Waals surface area contributed by atoms with E-state index >= 15 is 0 Å². The van der Waals surface area contributed by atoms with Crippen molar-refractivity contribution in [1.29, 1.82) is 0 Å². The number of nitrogens with two attached hydrogens (primary N) is 1. The van der Waals surface area contributed by atoms with Crippen molar-refractivity contribution in [3.8, 4) is 0 Å². The summed E-state index contributed by atoms with van der Waals surface area (Å²) in [7, 11) is -1.94. The lowest BCUT2D eigenvalue weighted by Gasteiger charge is -2.55. The molecule has 2 bridgehead atoms. The lowest BCUT2D eigenvalue weighted by Crippen LogP contribution is -2.61. The monoisotopic (exact) mass is 625 g/mol. The summed E-state index contributed by atoms with van der Waals surface area (Å²) in [6, 6.07) is 6.44. The minimum Gasteiger partial charge on any atom is -0.411 e. The van der Waals surface area contributed by atoms with E-state index in [0.29, 0.717) is 5.56 Å². The predicted molar refractivity (Wildman–Crippen MR) is 182 cm³/mol. The maximum Gasteiger partial charge on any atom is 0.249 e. The van der Waals surface area contributed by atoms with Gasteiger partial charge in [0.2, 0.25) is 24.0 Å². The molecule has 5 nitrogen and oxygen atoms in total. The number of primary amides is 1. The molecule has 2 saturated heterocycles. The van der Waals surface area contributed by atoms with Crippen molar-refractivity contribution >= 4 is 29.6 Å². The normalized spacial score (nSPS) is 29.1. The van der Waals surface area contributed by atoms with Crippen LogP contribution in [0.5, 0.6) is 0 Å². The number of hydrogen-bond acceptors (Lipinski definition) is 4.